The first kappa shape index (κ1) is 19.1. The number of piperazine rings is 1. The molecule has 2 aliphatic heterocycles. The zero-order chi connectivity index (χ0) is 19.7. The molecule has 2 amide bonds. The quantitative estimate of drug-likeness (QED) is 0.760. The normalized spacial score (nSPS) is 18.6. The lowest BCUT2D eigenvalue weighted by Crippen LogP contribution is -2.50. The van der Waals surface area contributed by atoms with Gasteiger partial charge in [-0.2, -0.15) is 4.31 Å². The minimum Gasteiger partial charge on any atom is -0.336 e. The molecule has 2 aliphatic rings. The number of hydrogen-bond donors (Lipinski definition) is 0. The fraction of sp³-hybridized carbons (Fsp3) is 0.368. The number of amides is 2. The summed E-state index contributed by atoms with van der Waals surface area (Å²) in [7, 11) is -3.49. The Morgan fingerprint density at radius 2 is 1.79 bits per heavy atom. The Bertz CT molecular complexity index is 980. The molecule has 0 saturated carbocycles. The Kier molecular flexibility index (Phi) is 5.22. The molecule has 0 unspecified atom stereocenters. The van der Waals surface area contributed by atoms with Gasteiger partial charge in [-0.05, 0) is 36.1 Å². The molecule has 148 valence electrons. The van der Waals surface area contributed by atoms with E-state index in [-0.39, 0.29) is 24.9 Å². The zero-order valence-corrected chi connectivity index (χ0v) is 16.9. The minimum atomic E-state index is -3.49. The molecule has 0 aliphatic carbocycles. The van der Waals surface area contributed by atoms with E-state index in [1.54, 1.807) is 45.5 Å². The van der Waals surface area contributed by atoms with Crippen LogP contribution in [0.25, 0.3) is 0 Å². The van der Waals surface area contributed by atoms with Crippen molar-refractivity contribution in [1.82, 2.24) is 9.21 Å². The first-order chi connectivity index (χ1) is 13.5. The molecule has 2 aromatic rings. The van der Waals surface area contributed by atoms with E-state index in [0.29, 0.717) is 35.8 Å². The van der Waals surface area contributed by atoms with E-state index < -0.39 is 10.0 Å². The van der Waals surface area contributed by atoms with Crippen molar-refractivity contribution in [3.63, 3.8) is 0 Å². The van der Waals surface area contributed by atoms with E-state index in [1.165, 1.54) is 15.6 Å². The van der Waals surface area contributed by atoms with Crippen LogP contribution < -0.4 is 4.90 Å². The van der Waals surface area contributed by atoms with Crippen LogP contribution >= 0.6 is 11.3 Å². The van der Waals surface area contributed by atoms with Crippen LogP contribution in [-0.2, 0) is 14.8 Å². The van der Waals surface area contributed by atoms with E-state index in [4.69, 9.17) is 0 Å². The number of sulfonamides is 1. The summed E-state index contributed by atoms with van der Waals surface area (Å²) in [6, 6.07) is 10.4. The summed E-state index contributed by atoms with van der Waals surface area (Å²) in [4.78, 5) is 28.2. The predicted octanol–water partition coefficient (Wildman–Crippen LogP) is 2.02. The molecule has 0 bridgehead atoms. The summed E-state index contributed by atoms with van der Waals surface area (Å²) in [5, 5.41) is 1.74. The first-order valence-electron chi connectivity index (χ1n) is 9.20. The molecule has 1 aromatic carbocycles. The van der Waals surface area contributed by atoms with Gasteiger partial charge in [-0.15, -0.1) is 11.3 Å². The summed E-state index contributed by atoms with van der Waals surface area (Å²) in [5.74, 6) is -0.0568. The van der Waals surface area contributed by atoms with Crippen molar-refractivity contribution in [2.75, 3.05) is 37.6 Å². The third-order valence-corrected chi connectivity index (χ3v) is 8.36. The average molecular weight is 420 g/mol. The molecule has 1 aromatic heterocycles. The number of nitrogens with zero attached hydrogens (tertiary/aromatic N) is 3. The number of hydrogen-bond acceptors (Lipinski definition) is 5. The van der Waals surface area contributed by atoms with Crippen LogP contribution in [0.15, 0.2) is 46.0 Å². The summed E-state index contributed by atoms with van der Waals surface area (Å²) in [6.07, 6.45) is 1.37. The van der Waals surface area contributed by atoms with Crippen molar-refractivity contribution >= 4 is 38.9 Å². The van der Waals surface area contributed by atoms with Gasteiger partial charge in [0.2, 0.25) is 5.91 Å². The van der Waals surface area contributed by atoms with Gasteiger partial charge in [0, 0.05) is 50.4 Å². The van der Waals surface area contributed by atoms with Crippen molar-refractivity contribution in [1.29, 1.82) is 0 Å². The van der Waals surface area contributed by atoms with Crippen LogP contribution in [-0.4, -0.2) is 62.2 Å². The minimum absolute atomic E-state index is 0.0806. The Morgan fingerprint density at radius 1 is 1.00 bits per heavy atom. The summed E-state index contributed by atoms with van der Waals surface area (Å²) in [6.45, 7) is 1.91. The Morgan fingerprint density at radius 3 is 2.43 bits per heavy atom. The van der Waals surface area contributed by atoms with Crippen molar-refractivity contribution < 1.29 is 18.0 Å². The maximum absolute atomic E-state index is 12.9. The number of carbonyl (C=O) groups is 2. The summed E-state index contributed by atoms with van der Waals surface area (Å²) >= 11 is 1.20. The Labute approximate surface area is 168 Å². The van der Waals surface area contributed by atoms with Gasteiger partial charge in [-0.25, -0.2) is 8.42 Å². The fourth-order valence-electron chi connectivity index (χ4n) is 3.58. The molecule has 2 saturated heterocycles. The summed E-state index contributed by atoms with van der Waals surface area (Å²) < 4.78 is 27.0. The third-order valence-electron chi connectivity index (χ3n) is 5.09. The van der Waals surface area contributed by atoms with Crippen LogP contribution in [0.3, 0.4) is 0 Å². The molecule has 28 heavy (non-hydrogen) atoms. The SMILES string of the molecule is O=C(c1cccc(N2CCCC2=O)c1)N1CCN(S(=O)(=O)c2cccs2)CC1. The Hall–Kier alpha value is -2.23. The van der Waals surface area contributed by atoms with Gasteiger partial charge in [-0.3, -0.25) is 9.59 Å². The molecular formula is C19H21N3O4S2. The molecule has 0 radical (unpaired) electrons. The van der Waals surface area contributed by atoms with Crippen LogP contribution in [0.5, 0.6) is 0 Å². The van der Waals surface area contributed by atoms with Crippen LogP contribution in [0.1, 0.15) is 23.2 Å². The predicted molar refractivity (Wildman–Crippen MR) is 107 cm³/mol. The lowest BCUT2D eigenvalue weighted by molar-refractivity contribution is -0.117. The lowest BCUT2D eigenvalue weighted by Gasteiger charge is -2.33. The molecule has 2 fully saturated rings. The summed E-state index contributed by atoms with van der Waals surface area (Å²) in [5.41, 5.74) is 1.26. The first-order valence-corrected chi connectivity index (χ1v) is 11.5. The molecule has 3 heterocycles. The number of thiophene rings is 1. The van der Waals surface area contributed by atoms with Gasteiger partial charge in [0.25, 0.3) is 15.9 Å². The average Bonchev–Trinajstić information content (AvgIpc) is 3.40. The van der Waals surface area contributed by atoms with Crippen LogP contribution in [0, 0.1) is 0 Å². The Balaban J connectivity index is 1.44. The molecular weight excluding hydrogens is 398 g/mol. The molecule has 0 atom stereocenters. The fourth-order valence-corrected chi connectivity index (χ4v) is 6.15. The van der Waals surface area contributed by atoms with E-state index in [2.05, 4.69) is 0 Å². The second-order valence-electron chi connectivity index (χ2n) is 6.83. The number of anilines is 1. The van der Waals surface area contributed by atoms with Crippen molar-refractivity contribution in [3.8, 4) is 0 Å². The van der Waals surface area contributed by atoms with E-state index in [9.17, 15) is 18.0 Å². The van der Waals surface area contributed by atoms with Gasteiger partial charge < -0.3 is 9.80 Å². The van der Waals surface area contributed by atoms with E-state index in [1.807, 2.05) is 6.07 Å². The molecule has 7 nitrogen and oxygen atoms in total. The lowest BCUT2D eigenvalue weighted by atomic mass is 10.1. The van der Waals surface area contributed by atoms with E-state index in [0.717, 1.165) is 12.1 Å². The van der Waals surface area contributed by atoms with Gasteiger partial charge >= 0.3 is 0 Å². The molecule has 9 heteroatoms. The molecule has 0 N–H and O–H groups in total. The van der Waals surface area contributed by atoms with Crippen LogP contribution in [0.2, 0.25) is 0 Å². The van der Waals surface area contributed by atoms with Crippen molar-refractivity contribution in [2.24, 2.45) is 0 Å². The highest BCUT2D eigenvalue weighted by Gasteiger charge is 2.31. The molecule has 4 rings (SSSR count). The topological polar surface area (TPSA) is 78.0 Å². The number of carbonyl (C=O) groups excluding carboxylic acids is 2. The van der Waals surface area contributed by atoms with Crippen LogP contribution in [0.4, 0.5) is 5.69 Å². The maximum Gasteiger partial charge on any atom is 0.254 e. The highest BCUT2D eigenvalue weighted by Crippen LogP contribution is 2.25. The van der Waals surface area contributed by atoms with Gasteiger partial charge in [-0.1, -0.05) is 12.1 Å². The van der Waals surface area contributed by atoms with Gasteiger partial charge in [0.05, 0.1) is 0 Å². The maximum atomic E-state index is 12.9. The zero-order valence-electron chi connectivity index (χ0n) is 15.3. The standard InChI is InChI=1S/C19H21N3O4S2/c23-17-6-2-8-22(17)16-5-1-4-15(14-16)19(24)20-9-11-21(12-10-20)28(25,26)18-7-3-13-27-18/h1,3-5,7,13-14H,2,6,8-12H2. The second-order valence-corrected chi connectivity index (χ2v) is 9.94. The van der Waals surface area contributed by atoms with Gasteiger partial charge in [0.1, 0.15) is 4.21 Å². The number of rotatable bonds is 4. The number of benzene rings is 1. The largest absolute Gasteiger partial charge is 0.336 e. The van der Waals surface area contributed by atoms with Crippen molar-refractivity contribution in [3.05, 3.63) is 47.3 Å². The molecule has 0 spiro atoms. The second kappa shape index (κ2) is 7.65. The highest BCUT2D eigenvalue weighted by molar-refractivity contribution is 7.91. The van der Waals surface area contributed by atoms with E-state index >= 15 is 0 Å². The third kappa shape index (κ3) is 3.57. The van der Waals surface area contributed by atoms with Crippen molar-refractivity contribution in [2.45, 2.75) is 17.1 Å². The van der Waals surface area contributed by atoms with Gasteiger partial charge in [0.15, 0.2) is 0 Å². The highest BCUT2D eigenvalue weighted by atomic mass is 32.2. The smallest absolute Gasteiger partial charge is 0.254 e. The monoisotopic (exact) mass is 419 g/mol.